The number of hydrogen-bond donors (Lipinski definition) is 2. The van der Waals surface area contributed by atoms with Gasteiger partial charge in [-0.05, 0) is 87.7 Å². The number of carbonyl (C=O) groups excluding carboxylic acids is 3. The number of hydrogen-bond acceptors (Lipinski definition) is 6. The number of nitrogens with zero attached hydrogens (tertiary/aromatic N) is 5. The number of fused-ring (bicyclic) bond motifs is 3. The maximum atomic E-state index is 14.3. The number of piperidine rings is 2. The van der Waals surface area contributed by atoms with Gasteiger partial charge < -0.3 is 30.7 Å². The van der Waals surface area contributed by atoms with E-state index < -0.39 is 5.92 Å². The van der Waals surface area contributed by atoms with Crippen molar-refractivity contribution in [2.45, 2.75) is 82.0 Å². The van der Waals surface area contributed by atoms with Crippen molar-refractivity contribution in [2.24, 2.45) is 5.92 Å². The number of halogens is 1. The average molecular weight is 700 g/mol. The van der Waals surface area contributed by atoms with Crippen LogP contribution in [0.15, 0.2) is 36.4 Å². The quantitative estimate of drug-likeness (QED) is 0.330. The van der Waals surface area contributed by atoms with Crippen LogP contribution in [-0.2, 0) is 22.4 Å². The van der Waals surface area contributed by atoms with E-state index in [0.717, 1.165) is 36.3 Å². The van der Waals surface area contributed by atoms with E-state index in [1.165, 1.54) is 25.7 Å². The maximum Gasteiger partial charge on any atom is 0.322 e. The Balaban J connectivity index is 0.993. The molecule has 0 saturated carbocycles. The molecule has 5 aliphatic heterocycles. The SMILES string of the molecule is C#Cc1cc(C[C@@H](CC(=O)N2CCC(N3CCc4ccccc4NC3=O)CC2)C(=O)N2CCN(C3CC4CCC(C3)N4C)CC2)cc(Cl)c1N. The van der Waals surface area contributed by atoms with Crippen LogP contribution in [0.1, 0.15) is 61.6 Å². The smallest absolute Gasteiger partial charge is 0.322 e. The molecule has 4 amide bonds. The lowest BCUT2D eigenvalue weighted by Gasteiger charge is -2.45. The molecule has 0 radical (unpaired) electrons. The molecule has 10 nitrogen and oxygen atoms in total. The van der Waals surface area contributed by atoms with Crippen molar-refractivity contribution in [3.8, 4) is 12.3 Å². The Bertz CT molecular complexity index is 1630. The number of benzene rings is 2. The molecular weight excluding hydrogens is 650 g/mol. The molecule has 0 aromatic heterocycles. The molecule has 2 aromatic carbocycles. The topological polar surface area (TPSA) is 105 Å². The largest absolute Gasteiger partial charge is 0.397 e. The second-order valence-electron chi connectivity index (χ2n) is 15.0. The van der Waals surface area contributed by atoms with Gasteiger partial charge in [-0.2, -0.15) is 0 Å². The van der Waals surface area contributed by atoms with Crippen LogP contribution in [0.5, 0.6) is 0 Å². The summed E-state index contributed by atoms with van der Waals surface area (Å²) in [5, 5.41) is 3.43. The number of urea groups is 1. The summed E-state index contributed by atoms with van der Waals surface area (Å²) in [4.78, 5) is 52.2. The van der Waals surface area contributed by atoms with Crippen LogP contribution >= 0.6 is 11.6 Å². The lowest BCUT2D eigenvalue weighted by Crippen LogP contribution is -2.56. The Morgan fingerprint density at radius 2 is 1.64 bits per heavy atom. The number of rotatable bonds is 7. The molecular formula is C39H50ClN7O3. The summed E-state index contributed by atoms with van der Waals surface area (Å²) in [5.41, 5.74) is 9.76. The third kappa shape index (κ3) is 7.19. The summed E-state index contributed by atoms with van der Waals surface area (Å²) in [6, 6.07) is 13.4. The highest BCUT2D eigenvalue weighted by Gasteiger charge is 2.41. The normalized spacial score (nSPS) is 25.4. The Labute approximate surface area is 301 Å². The number of terminal acetylenes is 1. The summed E-state index contributed by atoms with van der Waals surface area (Å²) >= 11 is 6.45. The predicted octanol–water partition coefficient (Wildman–Crippen LogP) is 4.30. The zero-order valence-electron chi connectivity index (χ0n) is 29.2. The fourth-order valence-electron chi connectivity index (χ4n) is 9.19. The molecule has 5 heterocycles. The third-order valence-corrected chi connectivity index (χ3v) is 12.5. The number of nitrogen functional groups attached to an aromatic ring is 1. The standard InChI is InChI=1S/C39H50ClN7O3/c1-3-27-20-26(22-34(40)37(27)41)21-29(38(49)46-18-16-44(17-19-46)33-24-31-8-9-32(25-33)43(31)2)23-36(48)45-13-11-30(12-14-45)47-15-10-28-6-4-5-7-35(28)42-39(47)50/h1,4-7,20,22,29-33H,8-19,21,23-25,41H2,2H3,(H,42,50)/t29-,31?,32?,33?/m0/s1. The molecule has 2 aromatic rings. The van der Waals surface area contributed by atoms with Gasteiger partial charge in [0.25, 0.3) is 0 Å². The zero-order valence-corrected chi connectivity index (χ0v) is 29.9. The van der Waals surface area contributed by atoms with E-state index >= 15 is 0 Å². The minimum absolute atomic E-state index is 0.00680. The van der Waals surface area contributed by atoms with Gasteiger partial charge in [-0.3, -0.25) is 14.5 Å². The maximum absolute atomic E-state index is 14.3. The Morgan fingerprint density at radius 1 is 0.940 bits per heavy atom. The Morgan fingerprint density at radius 3 is 2.34 bits per heavy atom. The van der Waals surface area contributed by atoms with Crippen molar-refractivity contribution in [3.63, 3.8) is 0 Å². The van der Waals surface area contributed by atoms with Gasteiger partial charge in [-0.25, -0.2) is 4.79 Å². The van der Waals surface area contributed by atoms with Crippen molar-refractivity contribution in [1.82, 2.24) is 24.5 Å². The van der Waals surface area contributed by atoms with Gasteiger partial charge in [0.15, 0.2) is 0 Å². The monoisotopic (exact) mass is 699 g/mol. The van der Waals surface area contributed by atoms with E-state index in [2.05, 4.69) is 34.2 Å². The first-order chi connectivity index (χ1) is 24.2. The van der Waals surface area contributed by atoms with E-state index in [4.69, 9.17) is 23.8 Å². The number of piperazine rings is 1. The minimum Gasteiger partial charge on any atom is -0.397 e. The fraction of sp³-hybridized carbons (Fsp3) is 0.564. The van der Waals surface area contributed by atoms with E-state index in [9.17, 15) is 14.4 Å². The van der Waals surface area contributed by atoms with Crippen LogP contribution in [0, 0.1) is 18.3 Å². The lowest BCUT2D eigenvalue weighted by atomic mass is 9.91. The predicted molar refractivity (Wildman–Crippen MR) is 197 cm³/mol. The van der Waals surface area contributed by atoms with Crippen LogP contribution in [-0.4, -0.2) is 119 Å². The summed E-state index contributed by atoms with van der Waals surface area (Å²) in [5.74, 6) is 2.03. The molecule has 4 fully saturated rings. The van der Waals surface area contributed by atoms with Gasteiger partial charge in [-0.1, -0.05) is 35.7 Å². The van der Waals surface area contributed by atoms with Gasteiger partial charge in [0.2, 0.25) is 11.8 Å². The molecule has 3 N–H and O–H groups in total. The van der Waals surface area contributed by atoms with Crippen LogP contribution in [0.2, 0.25) is 5.02 Å². The van der Waals surface area contributed by atoms with Crippen LogP contribution in [0.25, 0.3) is 0 Å². The van der Waals surface area contributed by atoms with E-state index in [0.29, 0.717) is 86.4 Å². The molecule has 0 spiro atoms. The van der Waals surface area contributed by atoms with E-state index in [1.807, 2.05) is 39.0 Å². The summed E-state index contributed by atoms with van der Waals surface area (Å²) in [6.07, 6.45) is 13.4. The van der Waals surface area contributed by atoms with E-state index in [1.54, 1.807) is 6.07 Å². The Hall–Kier alpha value is -3.78. The van der Waals surface area contributed by atoms with Crippen molar-refractivity contribution >= 4 is 40.8 Å². The van der Waals surface area contributed by atoms with Gasteiger partial charge >= 0.3 is 6.03 Å². The number of para-hydroxylation sites is 1. The first-order valence-electron chi connectivity index (χ1n) is 18.4. The second-order valence-corrected chi connectivity index (χ2v) is 15.4. The summed E-state index contributed by atoms with van der Waals surface area (Å²) < 4.78 is 0. The molecule has 5 aliphatic rings. The van der Waals surface area contributed by atoms with Crippen molar-refractivity contribution in [1.29, 1.82) is 0 Å². The summed E-state index contributed by atoms with van der Waals surface area (Å²) in [7, 11) is 2.27. The number of amides is 4. The van der Waals surface area contributed by atoms with Crippen molar-refractivity contribution in [3.05, 3.63) is 58.1 Å². The molecule has 2 unspecified atom stereocenters. The fourth-order valence-corrected chi connectivity index (χ4v) is 9.44. The lowest BCUT2D eigenvalue weighted by molar-refractivity contribution is -0.143. The van der Waals surface area contributed by atoms with Crippen molar-refractivity contribution in [2.75, 3.05) is 63.9 Å². The van der Waals surface area contributed by atoms with E-state index in [-0.39, 0.29) is 30.3 Å². The molecule has 3 atom stereocenters. The number of likely N-dealkylation sites (tertiary alicyclic amines) is 1. The van der Waals surface area contributed by atoms with Crippen LogP contribution in [0.3, 0.4) is 0 Å². The summed E-state index contributed by atoms with van der Waals surface area (Å²) in [6.45, 7) is 4.79. The number of nitrogens with one attached hydrogen (secondary N) is 1. The Kier molecular flexibility index (Phi) is 10.3. The van der Waals surface area contributed by atoms with Crippen molar-refractivity contribution < 1.29 is 14.4 Å². The van der Waals surface area contributed by atoms with Gasteiger partial charge in [-0.15, -0.1) is 6.42 Å². The minimum atomic E-state index is -0.550. The first kappa shape index (κ1) is 34.7. The van der Waals surface area contributed by atoms with Crippen LogP contribution in [0.4, 0.5) is 16.2 Å². The first-order valence-corrected chi connectivity index (χ1v) is 18.8. The molecule has 50 heavy (non-hydrogen) atoms. The molecule has 2 bridgehead atoms. The molecule has 11 heteroatoms. The third-order valence-electron chi connectivity index (χ3n) is 12.2. The van der Waals surface area contributed by atoms with Gasteiger partial charge in [0.1, 0.15) is 0 Å². The highest BCUT2D eigenvalue weighted by Crippen LogP contribution is 2.37. The number of nitrogens with two attached hydrogens (primary N) is 1. The number of carbonyl (C=O) groups is 3. The zero-order chi connectivity index (χ0) is 34.9. The van der Waals surface area contributed by atoms with Gasteiger partial charge in [0.05, 0.1) is 16.6 Å². The second kappa shape index (κ2) is 14.8. The highest BCUT2D eigenvalue weighted by atomic mass is 35.5. The molecule has 4 saturated heterocycles. The molecule has 0 aliphatic carbocycles. The molecule has 266 valence electrons. The van der Waals surface area contributed by atoms with Gasteiger partial charge in [0, 0.05) is 87.7 Å². The van der Waals surface area contributed by atoms with Crippen LogP contribution < -0.4 is 11.1 Å². The average Bonchev–Trinajstić information content (AvgIpc) is 3.27. The highest BCUT2D eigenvalue weighted by molar-refractivity contribution is 6.33. The number of anilines is 2. The molecule has 7 rings (SSSR count).